The van der Waals surface area contributed by atoms with Crippen molar-refractivity contribution >= 4 is 0 Å². The maximum atomic E-state index is 12.6. The van der Waals surface area contributed by atoms with E-state index in [0.29, 0.717) is 6.42 Å². The van der Waals surface area contributed by atoms with Gasteiger partial charge in [0.25, 0.3) is 0 Å². The van der Waals surface area contributed by atoms with Crippen molar-refractivity contribution in [1.82, 2.24) is 0 Å². The molecule has 3 N–H and O–H groups in total. The summed E-state index contributed by atoms with van der Waals surface area (Å²) in [7, 11) is 0. The van der Waals surface area contributed by atoms with Crippen LogP contribution < -0.4 is 5.73 Å². The Bertz CT molecular complexity index is 252. The van der Waals surface area contributed by atoms with Crippen molar-refractivity contribution in [2.24, 2.45) is 5.73 Å². The molecule has 0 spiro atoms. The summed E-state index contributed by atoms with van der Waals surface area (Å²) in [6, 6.07) is 6.69. The molecule has 1 unspecified atom stereocenters. The van der Waals surface area contributed by atoms with E-state index in [0.717, 1.165) is 5.56 Å². The van der Waals surface area contributed by atoms with Crippen molar-refractivity contribution in [2.75, 3.05) is 6.61 Å². The van der Waals surface area contributed by atoms with Crippen LogP contribution in [-0.2, 0) is 6.42 Å². The van der Waals surface area contributed by atoms with Crippen molar-refractivity contribution in [1.29, 1.82) is 0 Å². The van der Waals surface area contributed by atoms with Crippen LogP contribution in [0, 0.1) is 11.9 Å². The number of aliphatic hydroxyl groups excluding tert-OH is 1. The zero-order chi connectivity index (χ0) is 8.97. The lowest BCUT2D eigenvalue weighted by Crippen LogP contribution is -2.26. The summed E-state index contributed by atoms with van der Waals surface area (Å²) < 4.78 is 12.6. The van der Waals surface area contributed by atoms with Crippen molar-refractivity contribution in [3.63, 3.8) is 0 Å². The van der Waals surface area contributed by atoms with Crippen LogP contribution in [0.1, 0.15) is 5.56 Å². The molecule has 0 fully saturated rings. The highest BCUT2D eigenvalue weighted by atomic mass is 19.1. The molecule has 1 atom stereocenters. The van der Waals surface area contributed by atoms with Crippen molar-refractivity contribution < 1.29 is 9.50 Å². The first kappa shape index (κ1) is 9.16. The smallest absolute Gasteiger partial charge is 0.131 e. The first-order valence-electron chi connectivity index (χ1n) is 3.75. The van der Waals surface area contributed by atoms with Crippen LogP contribution in [0.4, 0.5) is 4.39 Å². The Morgan fingerprint density at radius 3 is 3.00 bits per heavy atom. The molecule has 0 heterocycles. The highest BCUT2D eigenvalue weighted by Crippen LogP contribution is 2.04. The summed E-state index contributed by atoms with van der Waals surface area (Å²) in [5.74, 6) is -0.391. The average Bonchev–Trinajstić information content (AvgIpc) is 2.04. The van der Waals surface area contributed by atoms with Crippen LogP contribution in [0.2, 0.25) is 0 Å². The van der Waals surface area contributed by atoms with Gasteiger partial charge in [0.2, 0.25) is 0 Å². The number of halogens is 1. The van der Waals surface area contributed by atoms with Gasteiger partial charge in [-0.1, -0.05) is 12.1 Å². The van der Waals surface area contributed by atoms with Crippen molar-refractivity contribution in [2.45, 2.75) is 12.5 Å². The Labute approximate surface area is 70.8 Å². The minimum atomic E-state index is -0.391. The predicted molar refractivity (Wildman–Crippen MR) is 44.0 cm³/mol. The quantitative estimate of drug-likeness (QED) is 0.690. The van der Waals surface area contributed by atoms with E-state index in [4.69, 9.17) is 10.8 Å². The third kappa shape index (κ3) is 2.60. The van der Waals surface area contributed by atoms with Crippen LogP contribution in [0.3, 0.4) is 0 Å². The molecule has 65 valence electrons. The number of rotatable bonds is 3. The van der Waals surface area contributed by atoms with Crippen molar-refractivity contribution in [3.8, 4) is 0 Å². The van der Waals surface area contributed by atoms with E-state index in [-0.39, 0.29) is 12.6 Å². The average molecular weight is 168 g/mol. The van der Waals surface area contributed by atoms with E-state index < -0.39 is 5.82 Å². The molecule has 1 aromatic carbocycles. The zero-order valence-corrected chi connectivity index (χ0v) is 6.63. The number of hydrogen-bond donors (Lipinski definition) is 2. The molecule has 0 amide bonds. The van der Waals surface area contributed by atoms with Crippen LogP contribution in [0.15, 0.2) is 18.2 Å². The number of benzene rings is 1. The second-order valence-corrected chi connectivity index (χ2v) is 2.69. The molecule has 12 heavy (non-hydrogen) atoms. The van der Waals surface area contributed by atoms with Crippen LogP contribution in [-0.4, -0.2) is 17.8 Å². The van der Waals surface area contributed by atoms with Gasteiger partial charge in [-0.25, -0.2) is 4.39 Å². The lowest BCUT2D eigenvalue weighted by molar-refractivity contribution is 0.265. The van der Waals surface area contributed by atoms with Gasteiger partial charge in [-0.2, -0.15) is 0 Å². The second kappa shape index (κ2) is 4.18. The second-order valence-electron chi connectivity index (χ2n) is 2.69. The zero-order valence-electron chi connectivity index (χ0n) is 6.63. The maximum Gasteiger partial charge on any atom is 0.131 e. The lowest BCUT2D eigenvalue weighted by Gasteiger charge is -2.06. The molecule has 0 aromatic heterocycles. The summed E-state index contributed by atoms with van der Waals surface area (Å²) in [6.07, 6.45) is 0.488. The van der Waals surface area contributed by atoms with Gasteiger partial charge in [0.1, 0.15) is 5.82 Å². The largest absolute Gasteiger partial charge is 0.395 e. The molecular weight excluding hydrogens is 157 g/mol. The van der Waals surface area contributed by atoms with E-state index in [1.54, 1.807) is 6.07 Å². The Morgan fingerprint density at radius 1 is 1.67 bits per heavy atom. The van der Waals surface area contributed by atoms with Gasteiger partial charge >= 0.3 is 0 Å². The van der Waals surface area contributed by atoms with Crippen LogP contribution in [0.5, 0.6) is 0 Å². The maximum absolute atomic E-state index is 12.6. The predicted octanol–water partition coefficient (Wildman–Crippen LogP) is 0.488. The molecule has 1 aromatic rings. The summed E-state index contributed by atoms with van der Waals surface area (Å²) >= 11 is 0. The van der Waals surface area contributed by atoms with E-state index in [9.17, 15) is 4.39 Å². The Balaban J connectivity index is 2.63. The van der Waals surface area contributed by atoms with Gasteiger partial charge in [0.15, 0.2) is 0 Å². The summed E-state index contributed by atoms with van der Waals surface area (Å²) in [4.78, 5) is 0. The Kier molecular flexibility index (Phi) is 3.19. The van der Waals surface area contributed by atoms with Gasteiger partial charge in [-0.3, -0.25) is 0 Å². The summed E-state index contributed by atoms with van der Waals surface area (Å²) in [5, 5.41) is 8.64. The van der Waals surface area contributed by atoms with E-state index in [1.807, 2.05) is 0 Å². The fourth-order valence-corrected chi connectivity index (χ4v) is 0.975. The monoisotopic (exact) mass is 168 g/mol. The molecule has 1 rings (SSSR count). The third-order valence-electron chi connectivity index (χ3n) is 1.56. The highest BCUT2D eigenvalue weighted by Gasteiger charge is 2.02. The minimum absolute atomic E-state index is 0.0831. The third-order valence-corrected chi connectivity index (χ3v) is 1.56. The van der Waals surface area contributed by atoms with E-state index in [1.165, 1.54) is 12.1 Å². The normalized spacial score (nSPS) is 12.9. The van der Waals surface area contributed by atoms with Crippen LogP contribution >= 0.6 is 0 Å². The Hall–Kier alpha value is -0.930. The van der Waals surface area contributed by atoms with Gasteiger partial charge in [-0.05, 0) is 18.1 Å². The molecule has 0 aliphatic carbocycles. The standard InChI is InChI=1S/C9H11FNO/c10-8-3-1-2-7(4-8)5-9(11)6-12/h1-2,4,9,12H,5-6,11H2. The molecule has 0 saturated carbocycles. The SMILES string of the molecule is NC(CO)Cc1cc[c]c(F)c1. The topological polar surface area (TPSA) is 46.2 Å². The molecule has 3 heteroatoms. The van der Waals surface area contributed by atoms with Gasteiger partial charge in [0.05, 0.1) is 6.61 Å². The minimum Gasteiger partial charge on any atom is -0.395 e. The molecule has 0 bridgehead atoms. The van der Waals surface area contributed by atoms with Gasteiger partial charge in [0, 0.05) is 12.1 Å². The molecule has 2 nitrogen and oxygen atoms in total. The summed E-state index contributed by atoms with van der Waals surface area (Å²) in [5.41, 5.74) is 6.26. The number of aliphatic hydroxyl groups is 1. The molecular formula is C9H11FNO. The Morgan fingerprint density at radius 2 is 2.42 bits per heavy atom. The van der Waals surface area contributed by atoms with Crippen molar-refractivity contribution in [3.05, 3.63) is 35.6 Å². The summed E-state index contributed by atoms with van der Waals surface area (Å²) in [6.45, 7) is -0.0831. The molecule has 0 aliphatic heterocycles. The molecule has 0 saturated heterocycles. The van der Waals surface area contributed by atoms with E-state index >= 15 is 0 Å². The molecule has 1 radical (unpaired) electrons. The fourth-order valence-electron chi connectivity index (χ4n) is 0.975. The van der Waals surface area contributed by atoms with Gasteiger partial charge < -0.3 is 10.8 Å². The molecule has 0 aliphatic rings. The number of nitrogens with two attached hydrogens (primary N) is 1. The first-order chi connectivity index (χ1) is 5.72. The lowest BCUT2D eigenvalue weighted by atomic mass is 10.1. The van der Waals surface area contributed by atoms with Gasteiger partial charge in [-0.15, -0.1) is 0 Å². The van der Waals surface area contributed by atoms with Crippen LogP contribution in [0.25, 0.3) is 0 Å². The highest BCUT2D eigenvalue weighted by molar-refractivity contribution is 5.16. The van der Waals surface area contributed by atoms with E-state index in [2.05, 4.69) is 6.07 Å². The fraction of sp³-hybridized carbons (Fsp3) is 0.333. The first-order valence-corrected chi connectivity index (χ1v) is 3.75. The number of hydrogen-bond acceptors (Lipinski definition) is 2.